The molecule has 0 aliphatic carbocycles. The lowest BCUT2D eigenvalue weighted by Gasteiger charge is -2.33. The molecule has 0 fully saturated rings. The summed E-state index contributed by atoms with van der Waals surface area (Å²) in [6.07, 6.45) is 7.75. The number of hydrogen-bond acceptors (Lipinski definition) is 1. The first-order chi connectivity index (χ1) is 9.23. The van der Waals surface area contributed by atoms with Crippen LogP contribution < -0.4 is 4.74 Å². The molecule has 0 aromatic heterocycles. The van der Waals surface area contributed by atoms with Gasteiger partial charge in [-0.05, 0) is 36.3 Å². The zero-order chi connectivity index (χ0) is 13.7. The second kappa shape index (κ2) is 6.78. The van der Waals surface area contributed by atoms with Crippen molar-refractivity contribution >= 4 is 15.9 Å². The molecule has 1 aromatic carbocycles. The third-order valence-corrected chi connectivity index (χ3v) is 5.66. The van der Waals surface area contributed by atoms with E-state index in [0.717, 1.165) is 17.5 Å². The molecule has 2 rings (SSSR count). The van der Waals surface area contributed by atoms with Crippen LogP contribution in [0.3, 0.4) is 0 Å². The Balaban J connectivity index is 2.00. The van der Waals surface area contributed by atoms with Crippen molar-refractivity contribution in [3.8, 4) is 5.75 Å². The predicted octanol–water partition coefficient (Wildman–Crippen LogP) is 5.36. The maximum absolute atomic E-state index is 6.13. The topological polar surface area (TPSA) is 9.23 Å². The number of hydrogen-bond donors (Lipinski definition) is 0. The van der Waals surface area contributed by atoms with Crippen molar-refractivity contribution in [3.63, 3.8) is 0 Å². The van der Waals surface area contributed by atoms with E-state index in [1.807, 2.05) is 0 Å². The summed E-state index contributed by atoms with van der Waals surface area (Å²) in [7, 11) is 0. The van der Waals surface area contributed by atoms with Crippen LogP contribution in [0.4, 0.5) is 0 Å². The first kappa shape index (κ1) is 14.9. The summed E-state index contributed by atoms with van der Waals surface area (Å²) >= 11 is 3.75. The van der Waals surface area contributed by atoms with Gasteiger partial charge in [-0.15, -0.1) is 0 Å². The van der Waals surface area contributed by atoms with Crippen LogP contribution in [0.25, 0.3) is 0 Å². The van der Waals surface area contributed by atoms with Gasteiger partial charge in [0, 0.05) is 11.8 Å². The lowest BCUT2D eigenvalue weighted by Crippen LogP contribution is -2.30. The molecule has 1 nitrogen and oxygen atoms in total. The average molecular weight is 325 g/mol. The Morgan fingerprint density at radius 3 is 2.74 bits per heavy atom. The van der Waals surface area contributed by atoms with Crippen molar-refractivity contribution in [1.82, 2.24) is 0 Å². The maximum atomic E-state index is 6.13. The minimum atomic E-state index is 0.367. The third-order valence-electron chi connectivity index (χ3n) is 4.47. The Bertz CT molecular complexity index is 373. The molecule has 2 unspecified atom stereocenters. The first-order valence-corrected chi connectivity index (χ1v) is 8.65. The molecule has 0 saturated heterocycles. The van der Waals surface area contributed by atoms with E-state index in [1.165, 1.54) is 37.7 Å². The highest BCUT2D eigenvalue weighted by Gasteiger charge is 2.33. The highest BCUT2D eigenvalue weighted by Crippen LogP contribution is 2.40. The molecule has 0 spiro atoms. The molecule has 0 bridgehead atoms. The van der Waals surface area contributed by atoms with Crippen LogP contribution in [0.2, 0.25) is 0 Å². The smallest absolute Gasteiger partial charge is 0.123 e. The Kier molecular flexibility index (Phi) is 5.32. The molecule has 0 saturated carbocycles. The molecular weight excluding hydrogens is 300 g/mol. The summed E-state index contributed by atoms with van der Waals surface area (Å²) in [6, 6.07) is 8.47. The minimum Gasteiger partial charge on any atom is -0.490 e. The number of halogens is 1. The average Bonchev–Trinajstić information content (AvgIpc) is 2.85. The summed E-state index contributed by atoms with van der Waals surface area (Å²) in [5, 5.41) is 1.09. The number of fused-ring (bicyclic) bond motifs is 1. The number of benzene rings is 1. The molecule has 1 aromatic rings. The van der Waals surface area contributed by atoms with Crippen molar-refractivity contribution in [3.05, 3.63) is 29.8 Å². The van der Waals surface area contributed by atoms with Crippen molar-refractivity contribution in [2.24, 2.45) is 5.41 Å². The van der Waals surface area contributed by atoms with Crippen molar-refractivity contribution in [2.75, 3.05) is 5.33 Å². The van der Waals surface area contributed by atoms with Crippen LogP contribution in [-0.4, -0.2) is 11.4 Å². The summed E-state index contributed by atoms with van der Waals surface area (Å²) in [6.45, 7) is 4.59. The summed E-state index contributed by atoms with van der Waals surface area (Å²) < 4.78 is 6.13. The van der Waals surface area contributed by atoms with Gasteiger partial charge in [-0.25, -0.2) is 0 Å². The molecular formula is C17H25BrO. The van der Waals surface area contributed by atoms with Crippen molar-refractivity contribution in [1.29, 1.82) is 0 Å². The van der Waals surface area contributed by atoms with E-state index >= 15 is 0 Å². The standard InChI is InChI=1S/C17H25BrO/c1-3-5-10-17(4-2,13-18)12-15-11-14-8-6-7-9-16(14)19-15/h6-9,15H,3-5,10-13H2,1-2H3. The van der Waals surface area contributed by atoms with Gasteiger partial charge in [0.15, 0.2) is 0 Å². The lowest BCUT2D eigenvalue weighted by atomic mass is 9.77. The van der Waals surface area contributed by atoms with Gasteiger partial charge in [0.05, 0.1) is 0 Å². The largest absolute Gasteiger partial charge is 0.490 e. The van der Waals surface area contributed by atoms with Gasteiger partial charge in [-0.2, -0.15) is 0 Å². The fourth-order valence-corrected chi connectivity index (χ4v) is 3.95. The molecule has 1 aliphatic heterocycles. The number of ether oxygens (including phenoxy) is 1. The Hall–Kier alpha value is -0.500. The van der Waals surface area contributed by atoms with E-state index in [1.54, 1.807) is 0 Å². The van der Waals surface area contributed by atoms with E-state index in [2.05, 4.69) is 54.0 Å². The summed E-state index contributed by atoms with van der Waals surface area (Å²) in [4.78, 5) is 0. The van der Waals surface area contributed by atoms with E-state index in [-0.39, 0.29) is 0 Å². The quantitative estimate of drug-likeness (QED) is 0.613. The molecule has 19 heavy (non-hydrogen) atoms. The van der Waals surface area contributed by atoms with E-state index < -0.39 is 0 Å². The van der Waals surface area contributed by atoms with Gasteiger partial charge in [0.25, 0.3) is 0 Å². The number of para-hydroxylation sites is 1. The van der Waals surface area contributed by atoms with E-state index in [4.69, 9.17) is 4.74 Å². The fraction of sp³-hybridized carbons (Fsp3) is 0.647. The minimum absolute atomic E-state index is 0.367. The Morgan fingerprint density at radius 1 is 1.32 bits per heavy atom. The number of unbranched alkanes of at least 4 members (excludes halogenated alkanes) is 1. The molecule has 0 amide bonds. The monoisotopic (exact) mass is 324 g/mol. The molecule has 0 N–H and O–H groups in total. The number of rotatable bonds is 7. The normalized spacial score (nSPS) is 20.7. The van der Waals surface area contributed by atoms with Gasteiger partial charge >= 0.3 is 0 Å². The summed E-state index contributed by atoms with van der Waals surface area (Å²) in [5.41, 5.74) is 1.78. The first-order valence-electron chi connectivity index (χ1n) is 7.53. The Morgan fingerprint density at radius 2 is 2.11 bits per heavy atom. The second-order valence-electron chi connectivity index (χ2n) is 5.85. The molecule has 1 heterocycles. The second-order valence-corrected chi connectivity index (χ2v) is 6.41. The van der Waals surface area contributed by atoms with E-state index in [9.17, 15) is 0 Å². The predicted molar refractivity (Wildman–Crippen MR) is 85.2 cm³/mol. The molecule has 0 radical (unpaired) electrons. The molecule has 2 atom stereocenters. The SMILES string of the molecule is CCCCC(CC)(CBr)CC1Cc2ccccc2O1. The van der Waals surface area contributed by atoms with Crippen LogP contribution in [-0.2, 0) is 6.42 Å². The molecule has 2 heteroatoms. The highest BCUT2D eigenvalue weighted by molar-refractivity contribution is 9.09. The van der Waals surface area contributed by atoms with E-state index in [0.29, 0.717) is 11.5 Å². The van der Waals surface area contributed by atoms with Crippen LogP contribution >= 0.6 is 15.9 Å². The maximum Gasteiger partial charge on any atom is 0.123 e. The van der Waals surface area contributed by atoms with Crippen LogP contribution in [0, 0.1) is 5.41 Å². The summed E-state index contributed by atoms with van der Waals surface area (Å²) in [5.74, 6) is 1.10. The molecule has 1 aliphatic rings. The third kappa shape index (κ3) is 3.53. The van der Waals surface area contributed by atoms with Gasteiger partial charge in [0.2, 0.25) is 0 Å². The van der Waals surface area contributed by atoms with Gasteiger partial charge in [-0.1, -0.05) is 60.8 Å². The van der Waals surface area contributed by atoms with Crippen LogP contribution in [0.1, 0.15) is 51.5 Å². The van der Waals surface area contributed by atoms with Gasteiger partial charge in [0.1, 0.15) is 11.9 Å². The lowest BCUT2D eigenvalue weighted by molar-refractivity contribution is 0.136. The van der Waals surface area contributed by atoms with Crippen molar-refractivity contribution in [2.45, 2.75) is 58.5 Å². The molecule has 106 valence electrons. The Labute approximate surface area is 125 Å². The van der Waals surface area contributed by atoms with Crippen molar-refractivity contribution < 1.29 is 4.74 Å². The fourth-order valence-electron chi connectivity index (χ4n) is 3.04. The van der Waals surface area contributed by atoms with Gasteiger partial charge in [-0.3, -0.25) is 0 Å². The zero-order valence-electron chi connectivity index (χ0n) is 12.1. The number of alkyl halides is 1. The zero-order valence-corrected chi connectivity index (χ0v) is 13.7. The van der Waals surface area contributed by atoms with Crippen LogP contribution in [0.5, 0.6) is 5.75 Å². The van der Waals surface area contributed by atoms with Gasteiger partial charge < -0.3 is 4.74 Å². The van der Waals surface area contributed by atoms with Crippen LogP contribution in [0.15, 0.2) is 24.3 Å². The highest BCUT2D eigenvalue weighted by atomic mass is 79.9.